The predicted octanol–water partition coefficient (Wildman–Crippen LogP) is 2.85. The largest absolute Gasteiger partial charge is 0.492 e. The molecule has 1 fully saturated rings. The molecule has 0 spiro atoms. The van der Waals surface area contributed by atoms with Crippen LogP contribution in [-0.4, -0.2) is 55.7 Å². The average Bonchev–Trinajstić information content (AvgIpc) is 2.43. The molecule has 2 rings (SSSR count). The summed E-state index contributed by atoms with van der Waals surface area (Å²) >= 11 is 3.43. The first-order chi connectivity index (χ1) is 9.19. The zero-order valence-corrected chi connectivity index (χ0v) is 13.4. The van der Waals surface area contributed by atoms with Crippen LogP contribution in [0.5, 0.6) is 5.75 Å². The second-order valence-corrected chi connectivity index (χ2v) is 6.06. The zero-order valence-electron chi connectivity index (χ0n) is 11.8. The molecule has 106 valence electrons. The molecule has 3 nitrogen and oxygen atoms in total. The topological polar surface area (TPSA) is 15.7 Å². The number of piperazine rings is 1. The fraction of sp³-hybridized carbons (Fsp3) is 0.600. The summed E-state index contributed by atoms with van der Waals surface area (Å²) in [6.07, 6.45) is 1.22. The summed E-state index contributed by atoms with van der Waals surface area (Å²) in [5.74, 6) is 0.948. The lowest BCUT2D eigenvalue weighted by Gasteiger charge is -2.39. The van der Waals surface area contributed by atoms with Crippen molar-refractivity contribution in [3.63, 3.8) is 0 Å². The molecule has 1 heterocycles. The normalized spacial score (nSPS) is 21.5. The Bertz CT molecular complexity index is 382. The number of halogens is 1. The van der Waals surface area contributed by atoms with Crippen molar-refractivity contribution in [3.8, 4) is 5.75 Å². The first kappa shape index (κ1) is 14.8. The fourth-order valence-corrected chi connectivity index (χ4v) is 2.74. The van der Waals surface area contributed by atoms with E-state index >= 15 is 0 Å². The molecule has 19 heavy (non-hydrogen) atoms. The molecule has 0 N–H and O–H groups in total. The van der Waals surface area contributed by atoms with Gasteiger partial charge in [0.15, 0.2) is 0 Å². The number of ether oxygens (including phenoxy) is 1. The average molecular weight is 327 g/mol. The molecule has 0 bridgehead atoms. The lowest BCUT2D eigenvalue weighted by molar-refractivity contribution is 0.0824. The minimum absolute atomic E-state index is 0.696. The SMILES string of the molecule is CCC1CN(CCOc2ccc(Br)cc2)CCN1C. The van der Waals surface area contributed by atoms with Crippen LogP contribution >= 0.6 is 15.9 Å². The molecule has 1 aromatic rings. The first-order valence-electron chi connectivity index (χ1n) is 7.00. The molecule has 0 saturated carbocycles. The van der Waals surface area contributed by atoms with Crippen molar-refractivity contribution in [3.05, 3.63) is 28.7 Å². The molecule has 1 unspecified atom stereocenters. The standard InChI is InChI=1S/C15H23BrN2O/c1-3-14-12-18(9-8-17(14)2)10-11-19-15-6-4-13(16)5-7-15/h4-7,14H,3,8-12H2,1-2H3. The maximum atomic E-state index is 5.78. The second-order valence-electron chi connectivity index (χ2n) is 5.15. The van der Waals surface area contributed by atoms with Gasteiger partial charge in [0, 0.05) is 36.7 Å². The van der Waals surface area contributed by atoms with Crippen molar-refractivity contribution in [2.45, 2.75) is 19.4 Å². The summed E-state index contributed by atoms with van der Waals surface area (Å²) in [4.78, 5) is 4.97. The minimum atomic E-state index is 0.696. The summed E-state index contributed by atoms with van der Waals surface area (Å²) in [7, 11) is 2.23. The molecule has 4 heteroatoms. The van der Waals surface area contributed by atoms with Crippen molar-refractivity contribution in [2.75, 3.05) is 39.8 Å². The summed E-state index contributed by atoms with van der Waals surface area (Å²) in [6, 6.07) is 8.73. The highest BCUT2D eigenvalue weighted by atomic mass is 79.9. The van der Waals surface area contributed by atoms with E-state index in [2.05, 4.69) is 39.7 Å². The Hall–Kier alpha value is -0.580. The number of nitrogens with zero attached hydrogens (tertiary/aromatic N) is 2. The van der Waals surface area contributed by atoms with Gasteiger partial charge in [-0.2, -0.15) is 0 Å². The van der Waals surface area contributed by atoms with Gasteiger partial charge in [-0.15, -0.1) is 0 Å². The van der Waals surface area contributed by atoms with Crippen LogP contribution in [0.2, 0.25) is 0 Å². The van der Waals surface area contributed by atoms with Gasteiger partial charge in [-0.25, -0.2) is 0 Å². The molecule has 1 aliphatic rings. The Morgan fingerprint density at radius 2 is 2.00 bits per heavy atom. The van der Waals surface area contributed by atoms with Crippen molar-refractivity contribution in [1.82, 2.24) is 9.80 Å². The fourth-order valence-electron chi connectivity index (χ4n) is 2.48. The maximum Gasteiger partial charge on any atom is 0.119 e. The minimum Gasteiger partial charge on any atom is -0.492 e. The van der Waals surface area contributed by atoms with E-state index < -0.39 is 0 Å². The van der Waals surface area contributed by atoms with Crippen LogP contribution in [-0.2, 0) is 0 Å². The predicted molar refractivity (Wildman–Crippen MR) is 82.8 cm³/mol. The maximum absolute atomic E-state index is 5.78. The van der Waals surface area contributed by atoms with Crippen LogP contribution in [0.25, 0.3) is 0 Å². The molecule has 0 amide bonds. The van der Waals surface area contributed by atoms with E-state index in [0.29, 0.717) is 6.04 Å². The molecular formula is C15H23BrN2O. The van der Waals surface area contributed by atoms with E-state index in [1.165, 1.54) is 6.42 Å². The molecule has 1 atom stereocenters. The first-order valence-corrected chi connectivity index (χ1v) is 7.79. The van der Waals surface area contributed by atoms with Crippen LogP contribution in [0, 0.1) is 0 Å². The van der Waals surface area contributed by atoms with Crippen molar-refractivity contribution < 1.29 is 4.74 Å². The van der Waals surface area contributed by atoms with E-state index in [0.717, 1.165) is 43.0 Å². The van der Waals surface area contributed by atoms with Crippen LogP contribution < -0.4 is 4.74 Å². The summed E-state index contributed by atoms with van der Waals surface area (Å²) in [5.41, 5.74) is 0. The third kappa shape index (κ3) is 4.48. The van der Waals surface area contributed by atoms with Crippen LogP contribution in [0.15, 0.2) is 28.7 Å². The number of hydrogen-bond donors (Lipinski definition) is 0. The Morgan fingerprint density at radius 1 is 1.26 bits per heavy atom. The van der Waals surface area contributed by atoms with Gasteiger partial charge in [0.05, 0.1) is 0 Å². The third-order valence-corrected chi connectivity index (χ3v) is 4.35. The van der Waals surface area contributed by atoms with Gasteiger partial charge in [-0.3, -0.25) is 4.90 Å². The van der Waals surface area contributed by atoms with Crippen LogP contribution in [0.1, 0.15) is 13.3 Å². The highest BCUT2D eigenvalue weighted by molar-refractivity contribution is 9.10. The van der Waals surface area contributed by atoms with Crippen molar-refractivity contribution >= 4 is 15.9 Å². The van der Waals surface area contributed by atoms with Gasteiger partial charge < -0.3 is 9.64 Å². The molecule has 1 aromatic carbocycles. The number of benzene rings is 1. The highest BCUT2D eigenvalue weighted by Gasteiger charge is 2.22. The summed E-state index contributed by atoms with van der Waals surface area (Å²) in [5, 5.41) is 0. The van der Waals surface area contributed by atoms with Gasteiger partial charge in [0.25, 0.3) is 0 Å². The van der Waals surface area contributed by atoms with Gasteiger partial charge >= 0.3 is 0 Å². The number of rotatable bonds is 5. The van der Waals surface area contributed by atoms with Crippen LogP contribution in [0.3, 0.4) is 0 Å². The van der Waals surface area contributed by atoms with E-state index in [4.69, 9.17) is 4.74 Å². The van der Waals surface area contributed by atoms with Crippen LogP contribution in [0.4, 0.5) is 0 Å². The molecule has 0 aliphatic carbocycles. The Morgan fingerprint density at radius 3 is 2.68 bits per heavy atom. The highest BCUT2D eigenvalue weighted by Crippen LogP contribution is 2.16. The lowest BCUT2D eigenvalue weighted by Crippen LogP contribution is -2.51. The van der Waals surface area contributed by atoms with Crippen molar-refractivity contribution in [1.29, 1.82) is 0 Å². The summed E-state index contributed by atoms with van der Waals surface area (Å²) in [6.45, 7) is 7.52. The number of likely N-dealkylation sites (N-methyl/N-ethyl adjacent to an activating group) is 1. The Kier molecular flexibility index (Phi) is 5.67. The molecule has 1 saturated heterocycles. The third-order valence-electron chi connectivity index (χ3n) is 3.82. The van der Waals surface area contributed by atoms with E-state index in [-0.39, 0.29) is 0 Å². The van der Waals surface area contributed by atoms with Gasteiger partial charge in [-0.1, -0.05) is 22.9 Å². The van der Waals surface area contributed by atoms with E-state index in [1.54, 1.807) is 0 Å². The number of hydrogen-bond acceptors (Lipinski definition) is 3. The molecule has 0 radical (unpaired) electrons. The van der Waals surface area contributed by atoms with Gasteiger partial charge in [-0.05, 0) is 37.7 Å². The van der Waals surface area contributed by atoms with E-state index in [1.807, 2.05) is 24.3 Å². The quantitative estimate of drug-likeness (QED) is 0.827. The monoisotopic (exact) mass is 326 g/mol. The smallest absolute Gasteiger partial charge is 0.119 e. The van der Waals surface area contributed by atoms with Gasteiger partial charge in [0.1, 0.15) is 12.4 Å². The molecular weight excluding hydrogens is 304 g/mol. The van der Waals surface area contributed by atoms with Crippen molar-refractivity contribution in [2.24, 2.45) is 0 Å². The summed E-state index contributed by atoms with van der Waals surface area (Å²) < 4.78 is 6.87. The second kappa shape index (κ2) is 7.27. The van der Waals surface area contributed by atoms with E-state index in [9.17, 15) is 0 Å². The zero-order chi connectivity index (χ0) is 13.7. The Balaban J connectivity index is 1.72. The lowest BCUT2D eigenvalue weighted by atomic mass is 10.1. The van der Waals surface area contributed by atoms with Gasteiger partial charge in [0.2, 0.25) is 0 Å². The Labute approximate surface area is 124 Å². The molecule has 1 aliphatic heterocycles. The molecule has 0 aromatic heterocycles.